The Bertz CT molecular complexity index is 3260. The zero-order valence-corrected chi connectivity index (χ0v) is 32.8. The monoisotopic (exact) mass is 762 g/mol. The second kappa shape index (κ2) is 15.1. The van der Waals surface area contributed by atoms with Gasteiger partial charge in [0.1, 0.15) is 0 Å². The number of nitrogens with zero attached hydrogens (tertiary/aromatic N) is 2. The standard InChI is InChI=1S/C58H38N2/c1-4-14-39(15-5-1)48-34-49(40-16-6-2-7-17-40)36-50(35-48)56-38-55(59-58(60-56)46-19-8-3-9-20-46)44-28-24-41(25-29-44)42-26-30-45(31-27-42)57-52-23-13-11-21-47(52)37-54-51-22-12-10-18-43(51)32-33-53(54)57/h1-38H. The largest absolute Gasteiger partial charge is 0.228 e. The molecule has 0 aliphatic heterocycles. The summed E-state index contributed by atoms with van der Waals surface area (Å²) >= 11 is 0. The van der Waals surface area contributed by atoms with E-state index in [0.717, 1.165) is 55.9 Å². The number of aromatic nitrogens is 2. The van der Waals surface area contributed by atoms with E-state index in [0.29, 0.717) is 5.82 Å². The molecule has 11 aromatic rings. The average molecular weight is 763 g/mol. The molecule has 60 heavy (non-hydrogen) atoms. The molecule has 0 bridgehead atoms. The van der Waals surface area contributed by atoms with E-state index in [4.69, 9.17) is 9.97 Å². The molecule has 0 unspecified atom stereocenters. The summed E-state index contributed by atoms with van der Waals surface area (Å²) < 4.78 is 0. The van der Waals surface area contributed by atoms with Crippen molar-refractivity contribution in [2.45, 2.75) is 0 Å². The van der Waals surface area contributed by atoms with E-state index >= 15 is 0 Å². The fourth-order valence-corrected chi connectivity index (χ4v) is 8.62. The summed E-state index contributed by atoms with van der Waals surface area (Å²) in [4.78, 5) is 10.4. The lowest BCUT2D eigenvalue weighted by Gasteiger charge is -2.15. The molecule has 0 fully saturated rings. The third kappa shape index (κ3) is 6.61. The third-order valence-corrected chi connectivity index (χ3v) is 11.7. The van der Waals surface area contributed by atoms with Crippen LogP contribution in [0.5, 0.6) is 0 Å². The van der Waals surface area contributed by atoms with Crippen molar-refractivity contribution in [2.24, 2.45) is 0 Å². The number of fused-ring (bicyclic) bond motifs is 4. The van der Waals surface area contributed by atoms with E-state index in [9.17, 15) is 0 Å². The number of hydrogen-bond donors (Lipinski definition) is 0. The van der Waals surface area contributed by atoms with Gasteiger partial charge in [0.25, 0.3) is 0 Å². The highest BCUT2D eigenvalue weighted by atomic mass is 14.9. The van der Waals surface area contributed by atoms with Crippen molar-refractivity contribution in [2.75, 3.05) is 0 Å². The quantitative estimate of drug-likeness (QED) is 0.119. The fourth-order valence-electron chi connectivity index (χ4n) is 8.62. The second-order valence-corrected chi connectivity index (χ2v) is 15.4. The summed E-state index contributed by atoms with van der Waals surface area (Å²) in [6.45, 7) is 0. The minimum atomic E-state index is 0.697. The predicted octanol–water partition coefficient (Wildman–Crippen LogP) is 15.6. The van der Waals surface area contributed by atoms with Crippen LogP contribution in [0.4, 0.5) is 0 Å². The highest BCUT2D eigenvalue weighted by molar-refractivity contribution is 6.20. The van der Waals surface area contributed by atoms with Crippen LogP contribution in [0.25, 0.3) is 111 Å². The average Bonchev–Trinajstić information content (AvgIpc) is 3.34. The summed E-state index contributed by atoms with van der Waals surface area (Å²) in [5, 5.41) is 7.60. The van der Waals surface area contributed by atoms with E-state index in [-0.39, 0.29) is 0 Å². The van der Waals surface area contributed by atoms with Crippen molar-refractivity contribution in [3.8, 4) is 78.4 Å². The van der Waals surface area contributed by atoms with Crippen LogP contribution < -0.4 is 0 Å². The third-order valence-electron chi connectivity index (χ3n) is 11.7. The van der Waals surface area contributed by atoms with Gasteiger partial charge in [0.2, 0.25) is 0 Å². The number of hydrogen-bond acceptors (Lipinski definition) is 2. The van der Waals surface area contributed by atoms with Gasteiger partial charge in [-0.25, -0.2) is 9.97 Å². The predicted molar refractivity (Wildman–Crippen MR) is 253 cm³/mol. The maximum atomic E-state index is 5.21. The molecule has 10 aromatic carbocycles. The first-order chi connectivity index (χ1) is 29.7. The van der Waals surface area contributed by atoms with Crippen molar-refractivity contribution in [1.29, 1.82) is 0 Å². The summed E-state index contributed by atoms with van der Waals surface area (Å²) in [5.41, 5.74) is 14.2. The molecule has 0 spiro atoms. The van der Waals surface area contributed by atoms with Gasteiger partial charge in [-0.1, -0.05) is 200 Å². The summed E-state index contributed by atoms with van der Waals surface area (Å²) in [7, 11) is 0. The van der Waals surface area contributed by atoms with Crippen LogP contribution in [0, 0.1) is 0 Å². The summed E-state index contributed by atoms with van der Waals surface area (Å²) in [6, 6.07) is 82.4. The molecule has 0 saturated heterocycles. The van der Waals surface area contributed by atoms with Gasteiger partial charge in [0.05, 0.1) is 11.4 Å². The molecule has 0 amide bonds. The van der Waals surface area contributed by atoms with Crippen LogP contribution in [0.1, 0.15) is 0 Å². The van der Waals surface area contributed by atoms with Gasteiger partial charge in [-0.05, 0) is 107 Å². The molecule has 280 valence electrons. The topological polar surface area (TPSA) is 25.8 Å². The van der Waals surface area contributed by atoms with Gasteiger partial charge in [-0.2, -0.15) is 0 Å². The Kier molecular flexibility index (Phi) is 8.87. The number of rotatable bonds is 7. The molecule has 0 aliphatic carbocycles. The number of benzene rings is 10. The normalized spacial score (nSPS) is 11.3. The van der Waals surface area contributed by atoms with E-state index in [1.54, 1.807) is 0 Å². The van der Waals surface area contributed by atoms with Crippen molar-refractivity contribution >= 4 is 32.3 Å². The van der Waals surface area contributed by atoms with Crippen LogP contribution in [0.2, 0.25) is 0 Å². The molecule has 1 heterocycles. The summed E-state index contributed by atoms with van der Waals surface area (Å²) in [6.07, 6.45) is 0. The molecule has 0 aliphatic rings. The van der Waals surface area contributed by atoms with Crippen molar-refractivity contribution < 1.29 is 0 Å². The lowest BCUT2D eigenvalue weighted by molar-refractivity contribution is 1.18. The molecule has 2 nitrogen and oxygen atoms in total. The van der Waals surface area contributed by atoms with Gasteiger partial charge >= 0.3 is 0 Å². The Morgan fingerprint density at radius 2 is 0.667 bits per heavy atom. The minimum Gasteiger partial charge on any atom is -0.228 e. The van der Waals surface area contributed by atoms with Gasteiger partial charge in [0, 0.05) is 16.7 Å². The fraction of sp³-hybridized carbons (Fsp3) is 0. The highest BCUT2D eigenvalue weighted by Crippen LogP contribution is 2.40. The SMILES string of the molecule is c1ccc(-c2cc(-c3ccccc3)cc(-c3cc(-c4ccc(-c5ccc(-c6c7ccccc7cc7c6ccc6ccccc67)cc5)cc4)nc(-c4ccccc4)n3)c2)cc1. The smallest absolute Gasteiger partial charge is 0.160 e. The molecule has 0 saturated carbocycles. The van der Waals surface area contributed by atoms with Crippen molar-refractivity contribution in [3.63, 3.8) is 0 Å². The van der Waals surface area contributed by atoms with Crippen molar-refractivity contribution in [3.05, 3.63) is 231 Å². The first-order valence-electron chi connectivity index (χ1n) is 20.5. The van der Waals surface area contributed by atoms with Crippen LogP contribution in [-0.4, -0.2) is 9.97 Å². The van der Waals surface area contributed by atoms with E-state index in [1.807, 2.05) is 18.2 Å². The van der Waals surface area contributed by atoms with E-state index < -0.39 is 0 Å². The van der Waals surface area contributed by atoms with Crippen LogP contribution in [0.3, 0.4) is 0 Å². The van der Waals surface area contributed by atoms with Gasteiger partial charge < -0.3 is 0 Å². The maximum absolute atomic E-state index is 5.21. The highest BCUT2D eigenvalue weighted by Gasteiger charge is 2.15. The molecule has 1 aromatic heterocycles. The Morgan fingerprint density at radius 3 is 1.28 bits per heavy atom. The molecule has 2 heteroatoms. The zero-order valence-electron chi connectivity index (χ0n) is 32.8. The molecule has 11 rings (SSSR count). The van der Waals surface area contributed by atoms with Crippen molar-refractivity contribution in [1.82, 2.24) is 9.97 Å². The molecule has 0 atom stereocenters. The zero-order chi connectivity index (χ0) is 39.8. The van der Waals surface area contributed by atoms with Crippen LogP contribution in [0.15, 0.2) is 231 Å². The molecular formula is C58H38N2. The molecule has 0 N–H and O–H groups in total. The van der Waals surface area contributed by atoms with E-state index in [2.05, 4.69) is 212 Å². The molecular weight excluding hydrogens is 725 g/mol. The molecule has 0 radical (unpaired) electrons. The lowest BCUT2D eigenvalue weighted by Crippen LogP contribution is -1.96. The minimum absolute atomic E-state index is 0.697. The van der Waals surface area contributed by atoms with Gasteiger partial charge in [0.15, 0.2) is 5.82 Å². The Labute approximate surface area is 349 Å². The first-order valence-corrected chi connectivity index (χ1v) is 20.5. The Hall–Kier alpha value is -7.94. The summed E-state index contributed by atoms with van der Waals surface area (Å²) in [5.74, 6) is 0.697. The lowest BCUT2D eigenvalue weighted by atomic mass is 9.89. The first kappa shape index (κ1) is 35.2. The van der Waals surface area contributed by atoms with Gasteiger partial charge in [-0.3, -0.25) is 0 Å². The maximum Gasteiger partial charge on any atom is 0.160 e. The van der Waals surface area contributed by atoms with Crippen LogP contribution in [-0.2, 0) is 0 Å². The Balaban J connectivity index is 0.979. The van der Waals surface area contributed by atoms with E-state index in [1.165, 1.54) is 49.0 Å². The van der Waals surface area contributed by atoms with Crippen LogP contribution >= 0.6 is 0 Å². The van der Waals surface area contributed by atoms with Gasteiger partial charge in [-0.15, -0.1) is 0 Å². The Morgan fingerprint density at radius 1 is 0.217 bits per heavy atom. The second-order valence-electron chi connectivity index (χ2n) is 15.4.